The van der Waals surface area contributed by atoms with Crippen LogP contribution in [-0.2, 0) is 11.3 Å². The first-order valence-corrected chi connectivity index (χ1v) is 10.5. The van der Waals surface area contributed by atoms with Gasteiger partial charge in [0.05, 0.1) is 10.9 Å². The molecule has 0 saturated carbocycles. The summed E-state index contributed by atoms with van der Waals surface area (Å²) in [7, 11) is 0. The maximum Gasteiger partial charge on any atom is 0.237 e. The van der Waals surface area contributed by atoms with Crippen LogP contribution in [0.25, 0.3) is 21.9 Å². The van der Waals surface area contributed by atoms with Gasteiger partial charge in [-0.2, -0.15) is 0 Å². The van der Waals surface area contributed by atoms with E-state index in [0.717, 1.165) is 65.3 Å². The first-order chi connectivity index (χ1) is 15.1. The Labute approximate surface area is 179 Å². The number of fused-ring (bicyclic) bond motifs is 2. The Hall–Kier alpha value is -3.68. The van der Waals surface area contributed by atoms with Crippen LogP contribution < -0.4 is 15.4 Å². The number of hydrogen-bond acceptors (Lipinski definition) is 6. The van der Waals surface area contributed by atoms with Crippen molar-refractivity contribution in [2.45, 2.75) is 32.4 Å². The molecular formula is C23H24N6O2. The molecule has 31 heavy (non-hydrogen) atoms. The van der Waals surface area contributed by atoms with Crippen molar-refractivity contribution in [3.8, 4) is 5.75 Å². The molecule has 1 aromatic carbocycles. The molecule has 8 heteroatoms. The molecule has 2 N–H and O–H groups in total. The van der Waals surface area contributed by atoms with Crippen LogP contribution in [0.15, 0.2) is 48.8 Å². The van der Waals surface area contributed by atoms with E-state index < -0.39 is 0 Å². The van der Waals surface area contributed by atoms with Crippen LogP contribution in [-0.4, -0.2) is 44.6 Å². The van der Waals surface area contributed by atoms with Crippen molar-refractivity contribution >= 4 is 33.7 Å². The van der Waals surface area contributed by atoms with Crippen LogP contribution in [0.5, 0.6) is 5.75 Å². The van der Waals surface area contributed by atoms with Crippen LogP contribution in [0.2, 0.25) is 0 Å². The molecule has 0 aliphatic carbocycles. The molecular weight excluding hydrogens is 392 g/mol. The molecule has 1 saturated heterocycles. The van der Waals surface area contributed by atoms with Crippen molar-refractivity contribution in [3.63, 3.8) is 0 Å². The maximum atomic E-state index is 11.3. The minimum absolute atomic E-state index is 0.119. The van der Waals surface area contributed by atoms with Gasteiger partial charge in [0, 0.05) is 43.7 Å². The number of rotatable bonds is 5. The van der Waals surface area contributed by atoms with Crippen molar-refractivity contribution in [3.05, 3.63) is 54.6 Å². The molecule has 158 valence electrons. The van der Waals surface area contributed by atoms with E-state index in [1.165, 1.54) is 0 Å². The van der Waals surface area contributed by atoms with Crippen molar-refractivity contribution in [1.82, 2.24) is 19.5 Å². The van der Waals surface area contributed by atoms with Crippen LogP contribution in [0, 0.1) is 6.92 Å². The zero-order chi connectivity index (χ0) is 21.4. The summed E-state index contributed by atoms with van der Waals surface area (Å²) in [5.41, 5.74) is 7.04. The van der Waals surface area contributed by atoms with Gasteiger partial charge in [-0.05, 0) is 37.3 Å². The number of carbonyl (C=O) groups is 1. The molecule has 1 amide bonds. The molecule has 3 aromatic heterocycles. The number of aryl methyl sites for hydroxylation is 1. The Morgan fingerprint density at radius 1 is 1.13 bits per heavy atom. The third-order valence-electron chi connectivity index (χ3n) is 5.70. The number of hydrogen-bond donors (Lipinski definition) is 1. The van der Waals surface area contributed by atoms with Gasteiger partial charge in [0.1, 0.15) is 30.0 Å². The van der Waals surface area contributed by atoms with Crippen molar-refractivity contribution in [2.75, 3.05) is 18.0 Å². The Bertz CT molecular complexity index is 1260. The number of primary amides is 1. The fraction of sp³-hybridized carbons (Fsp3) is 0.304. The van der Waals surface area contributed by atoms with E-state index in [2.05, 4.69) is 14.9 Å². The highest BCUT2D eigenvalue weighted by atomic mass is 16.5. The van der Waals surface area contributed by atoms with Crippen LogP contribution in [0.4, 0.5) is 5.82 Å². The summed E-state index contributed by atoms with van der Waals surface area (Å²) in [6.07, 6.45) is 5.54. The standard InChI is InChI=1S/C23H24N6O2/c1-15-26-22-18(4-3-10-25-22)23(27-15)28-11-7-16(8-12-28)31-20-6-2-5-19-17(20)9-13-29(19)14-21(24)30/h2-6,9-10,13,16H,7-8,11-12,14H2,1H3,(H2,24,30). The Kier molecular flexibility index (Phi) is 4.89. The minimum Gasteiger partial charge on any atom is -0.490 e. The number of nitrogens with zero attached hydrogens (tertiary/aromatic N) is 5. The van der Waals surface area contributed by atoms with E-state index in [4.69, 9.17) is 15.5 Å². The van der Waals surface area contributed by atoms with Gasteiger partial charge < -0.3 is 19.9 Å². The molecule has 4 aromatic rings. The lowest BCUT2D eigenvalue weighted by Crippen LogP contribution is -2.39. The molecule has 0 bridgehead atoms. The number of piperidine rings is 1. The summed E-state index contributed by atoms with van der Waals surface area (Å²) in [6, 6.07) is 11.8. The van der Waals surface area contributed by atoms with Crippen LogP contribution in [0.1, 0.15) is 18.7 Å². The second-order valence-corrected chi connectivity index (χ2v) is 7.87. The fourth-order valence-electron chi connectivity index (χ4n) is 4.26. The average Bonchev–Trinajstić information content (AvgIpc) is 3.17. The zero-order valence-electron chi connectivity index (χ0n) is 17.4. The second kappa shape index (κ2) is 7.86. The smallest absolute Gasteiger partial charge is 0.237 e. The topological polar surface area (TPSA) is 99.2 Å². The third-order valence-corrected chi connectivity index (χ3v) is 5.70. The molecule has 0 atom stereocenters. The molecule has 1 aliphatic heterocycles. The van der Waals surface area contributed by atoms with Gasteiger partial charge in [-0.15, -0.1) is 0 Å². The van der Waals surface area contributed by atoms with Gasteiger partial charge in [0.2, 0.25) is 5.91 Å². The van der Waals surface area contributed by atoms with E-state index in [0.29, 0.717) is 0 Å². The molecule has 0 radical (unpaired) electrons. The normalized spacial score (nSPS) is 14.9. The first kappa shape index (κ1) is 19.3. The quantitative estimate of drug-likeness (QED) is 0.537. The predicted molar refractivity (Wildman–Crippen MR) is 119 cm³/mol. The van der Waals surface area contributed by atoms with Crippen LogP contribution in [0.3, 0.4) is 0 Å². The zero-order valence-corrected chi connectivity index (χ0v) is 17.4. The highest BCUT2D eigenvalue weighted by molar-refractivity contribution is 5.88. The van der Waals surface area contributed by atoms with E-state index in [-0.39, 0.29) is 18.6 Å². The molecule has 1 fully saturated rings. The minimum atomic E-state index is -0.362. The summed E-state index contributed by atoms with van der Waals surface area (Å²) in [4.78, 5) is 27.1. The lowest BCUT2D eigenvalue weighted by molar-refractivity contribution is -0.118. The molecule has 0 unspecified atom stereocenters. The number of amides is 1. The Morgan fingerprint density at radius 3 is 2.77 bits per heavy atom. The number of pyridine rings is 1. The van der Waals surface area contributed by atoms with E-state index in [1.807, 2.05) is 54.1 Å². The second-order valence-electron chi connectivity index (χ2n) is 7.87. The summed E-state index contributed by atoms with van der Waals surface area (Å²) in [6.45, 7) is 3.76. The molecule has 1 aliphatic rings. The lowest BCUT2D eigenvalue weighted by Gasteiger charge is -2.33. The summed E-state index contributed by atoms with van der Waals surface area (Å²) in [5.74, 6) is 2.15. The summed E-state index contributed by atoms with van der Waals surface area (Å²) in [5, 5.41) is 1.97. The van der Waals surface area contributed by atoms with Gasteiger partial charge in [0.25, 0.3) is 0 Å². The number of aromatic nitrogens is 4. The highest BCUT2D eigenvalue weighted by Gasteiger charge is 2.24. The van der Waals surface area contributed by atoms with Crippen molar-refractivity contribution in [2.24, 2.45) is 5.73 Å². The summed E-state index contributed by atoms with van der Waals surface area (Å²) < 4.78 is 8.23. The molecule has 4 heterocycles. The third kappa shape index (κ3) is 3.76. The number of carbonyl (C=O) groups excluding carboxylic acids is 1. The SMILES string of the molecule is Cc1nc(N2CCC(Oc3cccc4c3ccn4CC(N)=O)CC2)c2cccnc2n1. The Morgan fingerprint density at radius 2 is 1.97 bits per heavy atom. The number of benzene rings is 1. The van der Waals surface area contributed by atoms with Gasteiger partial charge in [-0.25, -0.2) is 15.0 Å². The summed E-state index contributed by atoms with van der Waals surface area (Å²) >= 11 is 0. The lowest BCUT2D eigenvalue weighted by atomic mass is 10.1. The largest absolute Gasteiger partial charge is 0.490 e. The maximum absolute atomic E-state index is 11.3. The molecule has 5 rings (SSSR count). The fourth-order valence-corrected chi connectivity index (χ4v) is 4.26. The van der Waals surface area contributed by atoms with E-state index in [1.54, 1.807) is 6.20 Å². The van der Waals surface area contributed by atoms with Gasteiger partial charge >= 0.3 is 0 Å². The predicted octanol–water partition coefficient (Wildman–Crippen LogP) is 2.82. The van der Waals surface area contributed by atoms with Crippen molar-refractivity contribution in [1.29, 1.82) is 0 Å². The number of nitrogens with two attached hydrogens (primary N) is 1. The van der Waals surface area contributed by atoms with Gasteiger partial charge in [-0.3, -0.25) is 4.79 Å². The Balaban J connectivity index is 1.32. The molecule has 8 nitrogen and oxygen atoms in total. The first-order valence-electron chi connectivity index (χ1n) is 10.5. The van der Waals surface area contributed by atoms with Gasteiger partial charge in [-0.1, -0.05) is 6.07 Å². The average molecular weight is 416 g/mol. The number of ether oxygens (including phenoxy) is 1. The van der Waals surface area contributed by atoms with Gasteiger partial charge in [0.15, 0.2) is 5.65 Å². The van der Waals surface area contributed by atoms with Crippen molar-refractivity contribution < 1.29 is 9.53 Å². The monoisotopic (exact) mass is 416 g/mol. The van der Waals surface area contributed by atoms with E-state index >= 15 is 0 Å². The number of anilines is 1. The molecule has 0 spiro atoms. The van der Waals surface area contributed by atoms with Crippen LogP contribution >= 0.6 is 0 Å². The highest BCUT2D eigenvalue weighted by Crippen LogP contribution is 2.31. The van der Waals surface area contributed by atoms with E-state index in [9.17, 15) is 4.79 Å².